The minimum absolute atomic E-state index is 0. The standard InChI is InChI=1S/C12H24N4O3S.HI/c1-4-11(17)16-7-5-10(9-16)15-12(13-2)14-6-8-20(3,18)19;/h10H,4-9H2,1-3H3,(H2,13,14,15);1H. The summed E-state index contributed by atoms with van der Waals surface area (Å²) in [7, 11) is -1.34. The number of sulfone groups is 1. The first-order valence-electron chi connectivity index (χ1n) is 6.78. The van der Waals surface area contributed by atoms with Crippen molar-refractivity contribution in [3.8, 4) is 0 Å². The smallest absolute Gasteiger partial charge is 0.222 e. The van der Waals surface area contributed by atoms with E-state index in [1.165, 1.54) is 6.26 Å². The van der Waals surface area contributed by atoms with E-state index in [-0.39, 0.29) is 41.7 Å². The number of likely N-dealkylation sites (tertiary alicyclic amines) is 1. The quantitative estimate of drug-likeness (QED) is 0.358. The Bertz CT molecular complexity index is 467. The molecule has 1 rings (SSSR count). The fourth-order valence-corrected chi connectivity index (χ4v) is 2.54. The first-order valence-corrected chi connectivity index (χ1v) is 8.84. The Morgan fingerprint density at radius 3 is 2.62 bits per heavy atom. The first kappa shape index (κ1) is 20.4. The second kappa shape index (κ2) is 9.44. The van der Waals surface area contributed by atoms with Crippen LogP contribution in [0.5, 0.6) is 0 Å². The van der Waals surface area contributed by atoms with Gasteiger partial charge in [-0.15, -0.1) is 24.0 Å². The van der Waals surface area contributed by atoms with E-state index < -0.39 is 9.84 Å². The fraction of sp³-hybridized carbons (Fsp3) is 0.833. The van der Waals surface area contributed by atoms with Crippen molar-refractivity contribution in [1.29, 1.82) is 0 Å². The van der Waals surface area contributed by atoms with Crippen LogP contribution < -0.4 is 10.6 Å². The normalized spacial score (nSPS) is 19.1. The third-order valence-electron chi connectivity index (χ3n) is 3.17. The summed E-state index contributed by atoms with van der Waals surface area (Å²) in [6, 6.07) is 0.162. The SMILES string of the molecule is CCC(=O)N1CCC(NC(=NC)NCCS(C)(=O)=O)C1.I. The molecule has 0 bridgehead atoms. The summed E-state index contributed by atoms with van der Waals surface area (Å²) in [6.07, 6.45) is 2.60. The van der Waals surface area contributed by atoms with Crippen LogP contribution in [0.2, 0.25) is 0 Å². The van der Waals surface area contributed by atoms with Crippen molar-refractivity contribution in [2.75, 3.05) is 38.7 Å². The fourth-order valence-electron chi connectivity index (χ4n) is 2.07. The maximum absolute atomic E-state index is 11.6. The van der Waals surface area contributed by atoms with Gasteiger partial charge in [0.05, 0.1) is 5.75 Å². The van der Waals surface area contributed by atoms with Crippen LogP contribution in [0.15, 0.2) is 4.99 Å². The molecule has 0 aromatic heterocycles. The third-order valence-corrected chi connectivity index (χ3v) is 4.12. The average molecular weight is 432 g/mol. The van der Waals surface area contributed by atoms with Crippen LogP contribution in [-0.2, 0) is 14.6 Å². The molecule has 2 N–H and O–H groups in total. The molecule has 0 radical (unpaired) electrons. The highest BCUT2D eigenvalue weighted by molar-refractivity contribution is 14.0. The number of nitrogens with one attached hydrogen (secondary N) is 2. The summed E-state index contributed by atoms with van der Waals surface area (Å²) >= 11 is 0. The molecule has 0 saturated carbocycles. The van der Waals surface area contributed by atoms with Gasteiger partial charge in [0.15, 0.2) is 5.96 Å². The number of carbonyl (C=O) groups is 1. The predicted octanol–water partition coefficient (Wildman–Crippen LogP) is -0.175. The zero-order valence-corrected chi connectivity index (χ0v) is 15.9. The zero-order valence-electron chi connectivity index (χ0n) is 12.8. The average Bonchev–Trinajstić information content (AvgIpc) is 2.83. The second-order valence-corrected chi connectivity index (χ2v) is 7.21. The molecule has 7 nitrogen and oxygen atoms in total. The highest BCUT2D eigenvalue weighted by Gasteiger charge is 2.25. The molecule has 124 valence electrons. The number of hydrogen-bond acceptors (Lipinski definition) is 4. The van der Waals surface area contributed by atoms with E-state index in [4.69, 9.17) is 0 Å². The topological polar surface area (TPSA) is 90.9 Å². The van der Waals surface area contributed by atoms with Crippen molar-refractivity contribution in [1.82, 2.24) is 15.5 Å². The number of amides is 1. The molecule has 1 fully saturated rings. The first-order chi connectivity index (χ1) is 9.35. The Balaban J connectivity index is 0.00000400. The molecular formula is C12H25IN4O3S. The van der Waals surface area contributed by atoms with Gasteiger partial charge in [-0.2, -0.15) is 0 Å². The Labute approximate surface area is 143 Å². The molecule has 1 atom stereocenters. The Kier molecular flexibility index (Phi) is 9.18. The van der Waals surface area contributed by atoms with E-state index >= 15 is 0 Å². The summed E-state index contributed by atoms with van der Waals surface area (Å²) in [5, 5.41) is 6.18. The Morgan fingerprint density at radius 2 is 2.10 bits per heavy atom. The summed E-state index contributed by atoms with van der Waals surface area (Å²) < 4.78 is 22.1. The number of guanidine groups is 1. The van der Waals surface area contributed by atoms with E-state index in [2.05, 4.69) is 15.6 Å². The largest absolute Gasteiger partial charge is 0.355 e. The van der Waals surface area contributed by atoms with Gasteiger partial charge < -0.3 is 15.5 Å². The van der Waals surface area contributed by atoms with E-state index in [1.807, 2.05) is 11.8 Å². The van der Waals surface area contributed by atoms with Gasteiger partial charge >= 0.3 is 0 Å². The summed E-state index contributed by atoms with van der Waals surface area (Å²) in [5.74, 6) is 0.803. The van der Waals surface area contributed by atoms with Crippen molar-refractivity contribution in [2.24, 2.45) is 4.99 Å². The lowest BCUT2D eigenvalue weighted by Gasteiger charge is -2.18. The lowest BCUT2D eigenvalue weighted by molar-refractivity contribution is -0.129. The Morgan fingerprint density at radius 1 is 1.43 bits per heavy atom. The van der Waals surface area contributed by atoms with E-state index in [0.29, 0.717) is 25.5 Å². The van der Waals surface area contributed by atoms with Crippen molar-refractivity contribution in [2.45, 2.75) is 25.8 Å². The lowest BCUT2D eigenvalue weighted by Crippen LogP contribution is -2.46. The molecule has 0 aromatic carbocycles. The van der Waals surface area contributed by atoms with Crippen molar-refractivity contribution in [3.05, 3.63) is 0 Å². The van der Waals surface area contributed by atoms with Crippen molar-refractivity contribution < 1.29 is 13.2 Å². The minimum atomic E-state index is -2.98. The number of carbonyl (C=O) groups excluding carboxylic acids is 1. The van der Waals surface area contributed by atoms with Gasteiger partial charge in [-0.1, -0.05) is 6.92 Å². The van der Waals surface area contributed by atoms with Gasteiger partial charge in [-0.3, -0.25) is 9.79 Å². The molecule has 0 aromatic rings. The molecule has 1 saturated heterocycles. The van der Waals surface area contributed by atoms with Gasteiger partial charge in [0, 0.05) is 45.4 Å². The van der Waals surface area contributed by atoms with Gasteiger partial charge in [0.1, 0.15) is 9.84 Å². The highest BCUT2D eigenvalue weighted by Crippen LogP contribution is 2.10. The van der Waals surface area contributed by atoms with E-state index in [9.17, 15) is 13.2 Å². The number of rotatable bonds is 5. The van der Waals surface area contributed by atoms with Crippen molar-refractivity contribution >= 4 is 45.7 Å². The molecule has 1 heterocycles. The van der Waals surface area contributed by atoms with Crippen LogP contribution in [0, 0.1) is 0 Å². The van der Waals surface area contributed by atoms with E-state index in [1.54, 1.807) is 7.05 Å². The highest BCUT2D eigenvalue weighted by atomic mass is 127. The van der Waals surface area contributed by atoms with Gasteiger partial charge in [0.2, 0.25) is 5.91 Å². The number of halogens is 1. The maximum Gasteiger partial charge on any atom is 0.222 e. The van der Waals surface area contributed by atoms with Crippen LogP contribution in [0.1, 0.15) is 19.8 Å². The molecule has 1 amide bonds. The molecule has 21 heavy (non-hydrogen) atoms. The third kappa shape index (κ3) is 7.84. The predicted molar refractivity (Wildman–Crippen MR) is 94.9 cm³/mol. The molecule has 9 heteroatoms. The summed E-state index contributed by atoms with van der Waals surface area (Å²) in [5.41, 5.74) is 0. The van der Waals surface area contributed by atoms with Crippen LogP contribution in [0.25, 0.3) is 0 Å². The number of aliphatic imine (C=N–C) groups is 1. The number of hydrogen-bond donors (Lipinski definition) is 2. The molecule has 1 aliphatic heterocycles. The molecule has 0 aliphatic carbocycles. The molecular weight excluding hydrogens is 407 g/mol. The van der Waals surface area contributed by atoms with E-state index in [0.717, 1.165) is 13.0 Å². The van der Waals surface area contributed by atoms with Crippen LogP contribution in [-0.4, -0.2) is 69.9 Å². The van der Waals surface area contributed by atoms with Gasteiger partial charge in [0.25, 0.3) is 0 Å². The number of nitrogens with zero attached hydrogens (tertiary/aromatic N) is 2. The maximum atomic E-state index is 11.6. The van der Waals surface area contributed by atoms with Crippen LogP contribution in [0.4, 0.5) is 0 Å². The molecule has 0 spiro atoms. The van der Waals surface area contributed by atoms with Crippen LogP contribution in [0.3, 0.4) is 0 Å². The van der Waals surface area contributed by atoms with Crippen molar-refractivity contribution in [3.63, 3.8) is 0 Å². The zero-order chi connectivity index (χ0) is 15.2. The van der Waals surface area contributed by atoms with Crippen LogP contribution >= 0.6 is 24.0 Å². The van der Waals surface area contributed by atoms with Gasteiger partial charge in [-0.05, 0) is 6.42 Å². The molecule has 1 aliphatic rings. The second-order valence-electron chi connectivity index (χ2n) is 4.95. The lowest BCUT2D eigenvalue weighted by atomic mass is 10.3. The summed E-state index contributed by atoms with van der Waals surface area (Å²) in [4.78, 5) is 17.5. The molecule has 1 unspecified atom stereocenters. The summed E-state index contributed by atoms with van der Waals surface area (Å²) in [6.45, 7) is 3.60. The monoisotopic (exact) mass is 432 g/mol. The minimum Gasteiger partial charge on any atom is -0.355 e. The van der Waals surface area contributed by atoms with Gasteiger partial charge in [-0.25, -0.2) is 8.42 Å². The Hall–Kier alpha value is -0.580.